The van der Waals surface area contributed by atoms with Crippen LogP contribution in [0, 0.1) is 33.5 Å². The lowest BCUT2D eigenvalue weighted by molar-refractivity contribution is -0.324. The molecule has 0 aromatic carbocycles. The normalized spacial score (nSPS) is 56.0. The van der Waals surface area contributed by atoms with E-state index in [4.69, 9.17) is 0 Å². The van der Waals surface area contributed by atoms with Crippen molar-refractivity contribution in [2.75, 3.05) is 0 Å². The van der Waals surface area contributed by atoms with E-state index >= 15 is 0 Å². The van der Waals surface area contributed by atoms with E-state index in [2.05, 4.69) is 55.4 Å². The van der Waals surface area contributed by atoms with Crippen molar-refractivity contribution in [1.82, 2.24) is 0 Å². The summed E-state index contributed by atoms with van der Waals surface area (Å²) < 4.78 is 0. The average Bonchev–Trinajstić information content (AvgIpc) is 2.12. The summed E-state index contributed by atoms with van der Waals surface area (Å²) in [5.41, 5.74) is 2.07. The topological polar surface area (TPSA) is 0 Å². The lowest BCUT2D eigenvalue weighted by Crippen LogP contribution is -2.74. The Balaban J connectivity index is 2.54. The molecule has 0 saturated heterocycles. The average molecular weight is 208 g/mol. The van der Waals surface area contributed by atoms with Gasteiger partial charge in [0.2, 0.25) is 0 Å². The quantitative estimate of drug-likeness (QED) is 0.539. The molecule has 3 rings (SSSR count). The maximum absolute atomic E-state index is 2.52. The van der Waals surface area contributed by atoms with Gasteiger partial charge in [-0.3, -0.25) is 0 Å². The zero-order valence-electron chi connectivity index (χ0n) is 11.9. The molecular weight excluding hydrogens is 180 g/mol. The van der Waals surface area contributed by atoms with E-state index in [1.165, 1.54) is 6.42 Å². The third-order valence-corrected chi connectivity index (χ3v) is 7.84. The van der Waals surface area contributed by atoms with Crippen LogP contribution in [0.5, 0.6) is 0 Å². The highest BCUT2D eigenvalue weighted by Gasteiger charge is 2.75. The van der Waals surface area contributed by atoms with Gasteiger partial charge in [-0.1, -0.05) is 55.4 Å². The Bertz CT molecular complexity index is 289. The van der Waals surface area contributed by atoms with Gasteiger partial charge in [-0.25, -0.2) is 0 Å². The predicted octanol–water partition coefficient (Wildman–Crippen LogP) is 4.74. The molecule has 0 spiro atoms. The van der Waals surface area contributed by atoms with E-state index in [0.717, 1.165) is 11.8 Å². The van der Waals surface area contributed by atoms with Crippen molar-refractivity contribution in [3.8, 4) is 0 Å². The smallest absolute Gasteiger partial charge is 0.0210 e. The van der Waals surface area contributed by atoms with Crippen LogP contribution in [0.25, 0.3) is 0 Å². The Morgan fingerprint density at radius 2 is 1.27 bits per heavy atom. The van der Waals surface area contributed by atoms with Gasteiger partial charge in [0, 0.05) is 0 Å². The molecule has 4 unspecified atom stereocenters. The summed E-state index contributed by atoms with van der Waals surface area (Å²) in [4.78, 5) is 0. The Labute approximate surface area is 95.8 Å². The molecule has 88 valence electrons. The lowest BCUT2D eigenvalue weighted by atomic mass is 9.24. The van der Waals surface area contributed by atoms with Crippen LogP contribution >= 0.6 is 0 Å². The Morgan fingerprint density at radius 3 is 1.67 bits per heavy atom. The molecule has 0 heteroatoms. The monoisotopic (exact) mass is 208 g/mol. The lowest BCUT2D eigenvalue weighted by Gasteiger charge is -2.80. The summed E-state index contributed by atoms with van der Waals surface area (Å²) in [5.74, 6) is 1.69. The predicted molar refractivity (Wildman–Crippen MR) is 66.7 cm³/mol. The first kappa shape index (κ1) is 11.5. The summed E-state index contributed by atoms with van der Waals surface area (Å²) in [7, 11) is 0. The van der Waals surface area contributed by atoms with Gasteiger partial charge in [-0.15, -0.1) is 0 Å². The molecule has 0 amide bonds. The molecule has 4 atom stereocenters. The minimum Gasteiger partial charge on any atom is -0.0617 e. The first-order chi connectivity index (χ1) is 6.52. The molecule has 3 fully saturated rings. The van der Waals surface area contributed by atoms with Gasteiger partial charge in [-0.05, 0) is 39.9 Å². The van der Waals surface area contributed by atoms with Gasteiger partial charge in [0.05, 0.1) is 0 Å². The van der Waals surface area contributed by atoms with Crippen molar-refractivity contribution < 1.29 is 0 Å². The first-order valence-corrected chi connectivity index (χ1v) is 6.52. The molecular formula is C15H28. The fourth-order valence-electron chi connectivity index (χ4n) is 5.14. The number of hydrogen-bond acceptors (Lipinski definition) is 0. The minimum absolute atomic E-state index is 0.480. The molecule has 2 bridgehead atoms. The first-order valence-electron chi connectivity index (χ1n) is 6.52. The second-order valence-corrected chi connectivity index (χ2v) is 7.85. The second-order valence-electron chi connectivity index (χ2n) is 7.85. The van der Waals surface area contributed by atoms with E-state index in [1.54, 1.807) is 0 Å². The van der Waals surface area contributed by atoms with Gasteiger partial charge >= 0.3 is 0 Å². The van der Waals surface area contributed by atoms with Crippen LogP contribution in [-0.4, -0.2) is 0 Å². The molecule has 0 heterocycles. The van der Waals surface area contributed by atoms with E-state index in [0.29, 0.717) is 21.7 Å². The highest BCUT2D eigenvalue weighted by molar-refractivity contribution is 5.23. The van der Waals surface area contributed by atoms with E-state index < -0.39 is 0 Å². The Hall–Kier alpha value is 0. The summed E-state index contributed by atoms with van der Waals surface area (Å²) in [6, 6.07) is 0. The summed E-state index contributed by atoms with van der Waals surface area (Å²) in [5, 5.41) is 0. The fourth-order valence-corrected chi connectivity index (χ4v) is 5.14. The number of fused-ring (bicyclic) bond motifs is 2. The molecule has 0 aromatic heterocycles. The highest BCUT2D eigenvalue weighted by Crippen LogP contribution is 2.82. The Kier molecular flexibility index (Phi) is 1.88. The maximum atomic E-state index is 2.52. The van der Waals surface area contributed by atoms with Crippen LogP contribution in [0.3, 0.4) is 0 Å². The number of rotatable bonds is 0. The van der Waals surface area contributed by atoms with Crippen LogP contribution in [0.4, 0.5) is 0 Å². The van der Waals surface area contributed by atoms with Gasteiger partial charge in [-0.2, -0.15) is 0 Å². The van der Waals surface area contributed by atoms with Crippen LogP contribution < -0.4 is 0 Å². The van der Waals surface area contributed by atoms with E-state index in [-0.39, 0.29) is 0 Å². The summed E-state index contributed by atoms with van der Waals surface area (Å²) in [6.07, 6.45) is 1.42. The minimum atomic E-state index is 0.480. The zero-order chi connectivity index (χ0) is 11.9. The molecule has 3 saturated carbocycles. The molecule has 0 N–H and O–H groups in total. The molecule has 0 nitrogen and oxygen atoms in total. The molecule has 3 aliphatic carbocycles. The second kappa shape index (κ2) is 2.46. The highest BCUT2D eigenvalue weighted by atomic mass is 14.8. The zero-order valence-corrected chi connectivity index (χ0v) is 11.9. The van der Waals surface area contributed by atoms with Crippen LogP contribution in [0.1, 0.15) is 61.8 Å². The van der Waals surface area contributed by atoms with Gasteiger partial charge in [0.15, 0.2) is 0 Å². The van der Waals surface area contributed by atoms with E-state index in [1.807, 2.05) is 0 Å². The Morgan fingerprint density at radius 1 is 0.800 bits per heavy atom. The third-order valence-electron chi connectivity index (χ3n) is 7.84. The fraction of sp³-hybridized carbons (Fsp3) is 1.00. The standard InChI is InChI=1S/C15H28/c1-10-11(2)14(7)9-15(8,12(10,3)4)13(14,5)6/h10-11H,9H2,1-8H3. The molecule has 15 heavy (non-hydrogen) atoms. The van der Waals surface area contributed by atoms with Crippen molar-refractivity contribution in [1.29, 1.82) is 0 Å². The van der Waals surface area contributed by atoms with Crippen LogP contribution in [0.15, 0.2) is 0 Å². The molecule has 3 aliphatic rings. The van der Waals surface area contributed by atoms with Gasteiger partial charge < -0.3 is 0 Å². The van der Waals surface area contributed by atoms with Crippen molar-refractivity contribution in [3.63, 3.8) is 0 Å². The van der Waals surface area contributed by atoms with Crippen molar-refractivity contribution >= 4 is 0 Å². The third kappa shape index (κ3) is 0.840. The number of hydrogen-bond donors (Lipinski definition) is 0. The molecule has 0 radical (unpaired) electrons. The van der Waals surface area contributed by atoms with Crippen molar-refractivity contribution in [2.45, 2.75) is 61.8 Å². The van der Waals surface area contributed by atoms with Crippen LogP contribution in [0.2, 0.25) is 0 Å². The van der Waals surface area contributed by atoms with Crippen molar-refractivity contribution in [3.05, 3.63) is 0 Å². The van der Waals surface area contributed by atoms with Gasteiger partial charge in [0.25, 0.3) is 0 Å². The summed E-state index contributed by atoms with van der Waals surface area (Å²) in [6.45, 7) is 20.0. The summed E-state index contributed by atoms with van der Waals surface area (Å²) >= 11 is 0. The van der Waals surface area contributed by atoms with Crippen LogP contribution in [-0.2, 0) is 0 Å². The van der Waals surface area contributed by atoms with Gasteiger partial charge in [0.1, 0.15) is 0 Å². The molecule has 0 aliphatic heterocycles. The van der Waals surface area contributed by atoms with Crippen molar-refractivity contribution in [2.24, 2.45) is 33.5 Å². The molecule has 0 aromatic rings. The largest absolute Gasteiger partial charge is 0.0617 e. The van der Waals surface area contributed by atoms with E-state index in [9.17, 15) is 0 Å². The SMILES string of the molecule is CC1C(C)C2(C)CC(C)(C1(C)C)C2(C)C. The maximum Gasteiger partial charge on any atom is -0.0210 e.